The number of nitrogens with zero attached hydrogens (tertiary/aromatic N) is 3. The summed E-state index contributed by atoms with van der Waals surface area (Å²) in [5.74, 6) is -0.720. The lowest BCUT2D eigenvalue weighted by Crippen LogP contribution is -2.53. The van der Waals surface area contributed by atoms with E-state index < -0.39 is 29.6 Å². The minimum absolute atomic E-state index is 0.119. The van der Waals surface area contributed by atoms with E-state index in [4.69, 9.17) is 14.5 Å². The third-order valence-electron chi connectivity index (χ3n) is 8.52. The summed E-state index contributed by atoms with van der Waals surface area (Å²) in [6.45, 7) is 0.216. The van der Waals surface area contributed by atoms with Crippen LogP contribution in [0.15, 0.2) is 46.4 Å². The minimum Gasteiger partial charge on any atom is -0.495 e. The number of rotatable bonds is 5. The molecule has 2 aliphatic heterocycles. The molecule has 2 N–H and O–H groups in total. The van der Waals surface area contributed by atoms with Gasteiger partial charge in [-0.3, -0.25) is 9.59 Å². The average Bonchev–Trinajstić information content (AvgIpc) is 3.32. The van der Waals surface area contributed by atoms with Gasteiger partial charge in [0, 0.05) is 41.8 Å². The number of methoxy groups -OCH3 is 1. The average molecular weight is 670 g/mol. The first-order valence-corrected chi connectivity index (χ1v) is 16.2. The Kier molecular flexibility index (Phi) is 8.41. The van der Waals surface area contributed by atoms with Gasteiger partial charge in [-0.1, -0.05) is 25.0 Å². The Morgan fingerprint density at radius 1 is 1.21 bits per heavy atom. The molecule has 0 radical (unpaired) electrons. The normalized spacial score (nSPS) is 26.9. The molecule has 0 spiro atoms. The Labute approximate surface area is 261 Å². The summed E-state index contributed by atoms with van der Waals surface area (Å²) < 4.78 is 12.7. The van der Waals surface area contributed by atoms with Crippen LogP contribution in [0.5, 0.6) is 11.5 Å². The van der Waals surface area contributed by atoms with Crippen LogP contribution in [0.3, 0.4) is 0 Å². The molecule has 1 aromatic carbocycles. The van der Waals surface area contributed by atoms with Crippen LogP contribution < -0.4 is 14.8 Å². The Hall–Kier alpha value is -3.51. The Morgan fingerprint density at radius 2 is 2.05 bits per heavy atom. The van der Waals surface area contributed by atoms with Gasteiger partial charge in [0.05, 0.1) is 23.6 Å². The molecule has 6 rings (SSSR count). The van der Waals surface area contributed by atoms with Crippen LogP contribution in [0.4, 0.5) is 0 Å². The van der Waals surface area contributed by atoms with Gasteiger partial charge in [-0.25, -0.2) is 14.8 Å². The summed E-state index contributed by atoms with van der Waals surface area (Å²) in [7, 11) is 1.59. The summed E-state index contributed by atoms with van der Waals surface area (Å²) in [6, 6.07) is 4.70. The quantitative estimate of drug-likeness (QED) is 0.348. The molecule has 226 valence electrons. The van der Waals surface area contributed by atoms with Crippen LogP contribution in [0.1, 0.15) is 51.4 Å². The van der Waals surface area contributed by atoms with E-state index in [-0.39, 0.29) is 24.8 Å². The number of carbonyl (C=O) groups excluding carboxylic acids is 2. The number of ether oxygens (including phenoxy) is 2. The highest BCUT2D eigenvalue weighted by atomic mass is 79.9. The minimum atomic E-state index is -1.34. The van der Waals surface area contributed by atoms with Crippen LogP contribution in [0.25, 0.3) is 21.6 Å². The predicted octanol–water partition coefficient (Wildman–Crippen LogP) is 5.35. The van der Waals surface area contributed by atoms with Gasteiger partial charge >= 0.3 is 5.97 Å². The van der Waals surface area contributed by atoms with Crippen molar-refractivity contribution < 1.29 is 29.0 Å². The highest BCUT2D eigenvalue weighted by Gasteiger charge is 2.61. The molecule has 1 aliphatic carbocycles. The zero-order valence-corrected chi connectivity index (χ0v) is 26.2. The first-order chi connectivity index (χ1) is 20.8. The van der Waals surface area contributed by atoms with Gasteiger partial charge in [0.15, 0.2) is 0 Å². The number of carboxylic acids is 1. The molecule has 3 aliphatic rings. The van der Waals surface area contributed by atoms with Gasteiger partial charge in [-0.2, -0.15) is 0 Å². The number of carboxylic acid groups (broad SMARTS) is 1. The predicted molar refractivity (Wildman–Crippen MR) is 165 cm³/mol. The van der Waals surface area contributed by atoms with Crippen molar-refractivity contribution in [3.63, 3.8) is 0 Å². The molecule has 2 fully saturated rings. The molecular weight excluding hydrogens is 636 g/mol. The van der Waals surface area contributed by atoms with E-state index in [2.05, 4.69) is 26.2 Å². The number of amides is 2. The van der Waals surface area contributed by atoms with Gasteiger partial charge in [-0.15, -0.1) is 11.3 Å². The van der Waals surface area contributed by atoms with E-state index in [1.165, 1.54) is 11.3 Å². The number of pyridine rings is 1. The summed E-state index contributed by atoms with van der Waals surface area (Å²) >= 11 is 5.08. The topological polar surface area (TPSA) is 131 Å². The zero-order valence-electron chi connectivity index (χ0n) is 23.8. The largest absolute Gasteiger partial charge is 0.495 e. The van der Waals surface area contributed by atoms with Crippen molar-refractivity contribution in [2.75, 3.05) is 13.7 Å². The fourth-order valence-electron chi connectivity index (χ4n) is 6.07. The van der Waals surface area contributed by atoms with E-state index in [0.717, 1.165) is 42.5 Å². The molecule has 1 saturated carbocycles. The number of fused-ring (bicyclic) bond motifs is 3. The van der Waals surface area contributed by atoms with Crippen LogP contribution in [-0.4, -0.2) is 69.1 Å². The fourth-order valence-corrected chi connectivity index (χ4v) is 7.27. The zero-order chi connectivity index (χ0) is 30.1. The van der Waals surface area contributed by atoms with Gasteiger partial charge < -0.3 is 24.8 Å². The maximum absolute atomic E-state index is 13.7. The molecule has 4 atom stereocenters. The maximum Gasteiger partial charge on any atom is 0.330 e. The maximum atomic E-state index is 13.7. The Balaban J connectivity index is 1.31. The monoisotopic (exact) mass is 668 g/mol. The summed E-state index contributed by atoms with van der Waals surface area (Å²) in [5, 5.41) is 16.2. The molecule has 1 saturated heterocycles. The Bertz CT molecular complexity index is 1580. The number of aliphatic carboxylic acids is 1. The highest BCUT2D eigenvalue weighted by molar-refractivity contribution is 9.10. The number of allylic oxidation sites excluding steroid dienone is 1. The number of benzene rings is 1. The number of hydrogen-bond acceptors (Lipinski definition) is 8. The van der Waals surface area contributed by atoms with E-state index in [9.17, 15) is 19.5 Å². The van der Waals surface area contributed by atoms with Crippen molar-refractivity contribution in [3.05, 3.63) is 46.4 Å². The molecule has 10 nitrogen and oxygen atoms in total. The third kappa shape index (κ3) is 5.86. The lowest BCUT2D eigenvalue weighted by Gasteiger charge is -2.25. The van der Waals surface area contributed by atoms with E-state index >= 15 is 0 Å². The van der Waals surface area contributed by atoms with Crippen molar-refractivity contribution in [2.45, 2.75) is 69.1 Å². The third-order valence-corrected chi connectivity index (χ3v) is 10.1. The molecule has 2 aromatic heterocycles. The molecule has 4 unspecified atom stereocenters. The smallest absolute Gasteiger partial charge is 0.330 e. The van der Waals surface area contributed by atoms with Crippen LogP contribution in [-0.2, 0) is 14.4 Å². The molecule has 3 aromatic rings. The standard InChI is InChI=1S/C31H33BrN4O6S/c1-41-23-11-10-20-24(15-21(29-33-12-13-43-29)34-27(20)26(23)32)42-19-14-22-28(38)35-31(30(39)40)16-18(31)8-6-4-2-3-5-7-9-25(37)36(22)17-19/h6,8,10-13,15,18-19,22H,2-5,7,9,14,16-17H2,1H3,(H,35,38)(H,39,40)/b8-6+. The van der Waals surface area contributed by atoms with Crippen LogP contribution >= 0.6 is 27.3 Å². The molecule has 43 heavy (non-hydrogen) atoms. The second kappa shape index (κ2) is 12.2. The van der Waals surface area contributed by atoms with Crippen LogP contribution in [0.2, 0.25) is 0 Å². The van der Waals surface area contributed by atoms with Gasteiger partial charge in [0.2, 0.25) is 11.8 Å². The number of aromatic nitrogens is 2. The second-order valence-corrected chi connectivity index (χ2v) is 13.0. The number of halogens is 1. The fraction of sp³-hybridized carbons (Fsp3) is 0.452. The van der Waals surface area contributed by atoms with E-state index in [0.29, 0.717) is 40.0 Å². The lowest BCUT2D eigenvalue weighted by molar-refractivity contribution is -0.145. The summed E-state index contributed by atoms with van der Waals surface area (Å²) in [4.78, 5) is 50.2. The summed E-state index contributed by atoms with van der Waals surface area (Å²) in [5.41, 5.74) is -0.0688. The molecule has 12 heteroatoms. The van der Waals surface area contributed by atoms with Crippen molar-refractivity contribution in [1.29, 1.82) is 0 Å². The number of carbonyl (C=O) groups is 3. The lowest BCUT2D eigenvalue weighted by atomic mass is 10.1. The van der Waals surface area contributed by atoms with Crippen molar-refractivity contribution in [2.24, 2.45) is 5.92 Å². The molecule has 4 heterocycles. The Morgan fingerprint density at radius 3 is 2.81 bits per heavy atom. The first-order valence-electron chi connectivity index (χ1n) is 14.6. The molecule has 2 amide bonds. The van der Waals surface area contributed by atoms with Gasteiger partial charge in [0.25, 0.3) is 0 Å². The number of thiazole rings is 1. The van der Waals surface area contributed by atoms with Crippen molar-refractivity contribution in [3.8, 4) is 22.2 Å². The van der Waals surface area contributed by atoms with E-state index in [1.54, 1.807) is 18.2 Å². The molecular formula is C31H33BrN4O6S. The van der Waals surface area contributed by atoms with Crippen molar-refractivity contribution in [1.82, 2.24) is 20.2 Å². The van der Waals surface area contributed by atoms with Gasteiger partial charge in [-0.05, 0) is 53.7 Å². The highest BCUT2D eigenvalue weighted by Crippen LogP contribution is 2.46. The van der Waals surface area contributed by atoms with Gasteiger partial charge in [0.1, 0.15) is 39.9 Å². The SMILES string of the molecule is COc1ccc2c(OC3CC4C(=O)NC5(C(=O)O)CC5/C=C/CCCCCCC(=O)N4C3)cc(-c3nccs3)nc2c1Br. The number of hydrogen-bond donors (Lipinski definition) is 2. The van der Waals surface area contributed by atoms with Crippen molar-refractivity contribution >= 4 is 56.0 Å². The van der Waals surface area contributed by atoms with E-state index in [1.807, 2.05) is 35.7 Å². The van der Waals surface area contributed by atoms with Crippen LogP contribution in [0, 0.1) is 5.92 Å². The molecule has 0 bridgehead atoms. The number of nitrogens with one attached hydrogen (secondary N) is 1. The second-order valence-electron chi connectivity index (χ2n) is 11.3. The summed E-state index contributed by atoms with van der Waals surface area (Å²) in [6.07, 6.45) is 10.6. The first kappa shape index (κ1) is 29.6.